The molecule has 1 atom stereocenters. The van der Waals surface area contributed by atoms with Crippen LogP contribution in [0.4, 0.5) is 14.5 Å². The Hall–Kier alpha value is -2.24. The van der Waals surface area contributed by atoms with E-state index in [0.717, 1.165) is 6.92 Å². The zero-order chi connectivity index (χ0) is 17.6. The molecule has 0 fully saturated rings. The molecule has 1 rings (SSSR count). The van der Waals surface area contributed by atoms with Crippen molar-refractivity contribution in [1.29, 1.82) is 0 Å². The Labute approximate surface area is 134 Å². The van der Waals surface area contributed by atoms with Crippen LogP contribution in [0, 0.1) is 5.92 Å². The summed E-state index contributed by atoms with van der Waals surface area (Å²) < 4.78 is 31.1. The fraction of sp³-hybridized carbons (Fsp3) is 0.412. The summed E-state index contributed by atoms with van der Waals surface area (Å²) in [4.78, 5) is 23.5. The first-order chi connectivity index (χ1) is 10.7. The molecule has 126 valence electrons. The first kappa shape index (κ1) is 18.8. The molecule has 0 saturated carbocycles. The maximum Gasteiger partial charge on any atom is 0.337 e. The van der Waals surface area contributed by atoms with Gasteiger partial charge < -0.3 is 10.1 Å². The Balaban J connectivity index is 2.75. The highest BCUT2D eigenvalue weighted by atomic mass is 19.3. The number of esters is 1. The molecule has 0 saturated heterocycles. The van der Waals surface area contributed by atoms with E-state index in [1.54, 1.807) is 19.1 Å². The largest absolute Gasteiger partial charge is 0.465 e. The predicted molar refractivity (Wildman–Crippen MR) is 84.6 cm³/mol. The predicted octanol–water partition coefficient (Wildman–Crippen LogP) is 4.04. The van der Waals surface area contributed by atoms with Crippen LogP contribution < -0.4 is 5.32 Å². The van der Waals surface area contributed by atoms with E-state index in [9.17, 15) is 18.4 Å². The van der Waals surface area contributed by atoms with Crippen LogP contribution in [-0.2, 0) is 9.53 Å². The molecule has 0 aliphatic heterocycles. The minimum absolute atomic E-state index is 0.0217. The molecular weight excluding hydrogens is 304 g/mol. The summed E-state index contributed by atoms with van der Waals surface area (Å²) in [5.41, 5.74) is 1.12. The highest BCUT2D eigenvalue weighted by Gasteiger charge is 2.31. The number of carbonyl (C=O) groups excluding carboxylic acids is 2. The van der Waals surface area contributed by atoms with Gasteiger partial charge in [-0.2, -0.15) is 0 Å². The highest BCUT2D eigenvalue weighted by Crippen LogP contribution is 2.29. The number of ether oxygens (including phenoxy) is 1. The second-order valence-electron chi connectivity index (χ2n) is 5.40. The molecule has 0 radical (unpaired) electrons. The molecule has 0 aromatic heterocycles. The molecule has 6 heteroatoms. The van der Waals surface area contributed by atoms with E-state index in [4.69, 9.17) is 0 Å². The summed E-state index contributed by atoms with van der Waals surface area (Å²) in [6.07, 6.45) is 1.51. The zero-order valence-corrected chi connectivity index (χ0v) is 13.7. The van der Waals surface area contributed by atoms with Gasteiger partial charge in [-0.15, -0.1) is 0 Å². The van der Waals surface area contributed by atoms with Crippen molar-refractivity contribution in [3.63, 3.8) is 0 Å². The van der Waals surface area contributed by atoms with Gasteiger partial charge in [0.25, 0.3) is 5.91 Å². The molecule has 0 aliphatic carbocycles. The molecule has 0 heterocycles. The van der Waals surface area contributed by atoms with Crippen LogP contribution in [0.25, 0.3) is 0 Å². The lowest BCUT2D eigenvalue weighted by Gasteiger charge is -2.20. The lowest BCUT2D eigenvalue weighted by molar-refractivity contribution is -0.113. The molecule has 1 aromatic rings. The van der Waals surface area contributed by atoms with E-state index >= 15 is 0 Å². The molecule has 0 spiro atoms. The number of rotatable bonds is 6. The fourth-order valence-electron chi connectivity index (χ4n) is 1.87. The van der Waals surface area contributed by atoms with Gasteiger partial charge in [-0.05, 0) is 44.5 Å². The molecule has 1 N–H and O–H groups in total. The number of nitrogens with one attached hydrogen (secondary N) is 1. The number of allylic oxidation sites excluding steroid dienone is 1. The topological polar surface area (TPSA) is 55.4 Å². The second-order valence-corrected chi connectivity index (χ2v) is 5.40. The normalized spacial score (nSPS) is 13.4. The maximum absolute atomic E-state index is 13.3. The highest BCUT2D eigenvalue weighted by molar-refractivity contribution is 6.03. The molecule has 0 bridgehead atoms. The van der Waals surface area contributed by atoms with Crippen molar-refractivity contribution in [3.8, 4) is 0 Å². The third-order valence-corrected chi connectivity index (χ3v) is 3.60. The number of hydrogen-bond acceptors (Lipinski definition) is 3. The number of hydrogen-bond donors (Lipinski definition) is 1. The number of anilines is 1. The molecule has 4 nitrogen and oxygen atoms in total. The smallest absolute Gasteiger partial charge is 0.337 e. The zero-order valence-electron chi connectivity index (χ0n) is 13.7. The summed E-state index contributed by atoms with van der Waals surface area (Å²) in [5.74, 6) is -4.71. The van der Waals surface area contributed by atoms with Crippen molar-refractivity contribution in [3.05, 3.63) is 41.5 Å². The quantitative estimate of drug-likeness (QED) is 0.634. The van der Waals surface area contributed by atoms with Crippen molar-refractivity contribution in [1.82, 2.24) is 0 Å². The van der Waals surface area contributed by atoms with E-state index in [1.807, 2.05) is 0 Å². The van der Waals surface area contributed by atoms with Gasteiger partial charge in [-0.25, -0.2) is 13.6 Å². The Morgan fingerprint density at radius 2 is 1.87 bits per heavy atom. The Kier molecular flexibility index (Phi) is 6.42. The molecule has 1 amide bonds. The van der Waals surface area contributed by atoms with Gasteiger partial charge in [0, 0.05) is 17.2 Å². The Morgan fingerprint density at radius 1 is 1.30 bits per heavy atom. The minimum Gasteiger partial charge on any atom is -0.465 e. The Bertz CT molecular complexity index is 589. The van der Waals surface area contributed by atoms with Gasteiger partial charge in [-0.3, -0.25) is 4.79 Å². The van der Waals surface area contributed by atoms with Crippen LogP contribution >= 0.6 is 0 Å². The molecule has 1 unspecified atom stereocenters. The average Bonchev–Trinajstić information content (AvgIpc) is 2.51. The van der Waals surface area contributed by atoms with Gasteiger partial charge in [0.05, 0.1) is 12.7 Å². The van der Waals surface area contributed by atoms with Crippen molar-refractivity contribution in [2.45, 2.75) is 33.1 Å². The number of benzene rings is 1. The summed E-state index contributed by atoms with van der Waals surface area (Å²) in [7, 11) is 1.28. The van der Waals surface area contributed by atoms with Gasteiger partial charge in [0.2, 0.25) is 5.92 Å². The van der Waals surface area contributed by atoms with Crippen LogP contribution in [0.3, 0.4) is 0 Å². The van der Waals surface area contributed by atoms with Crippen LogP contribution in [0.2, 0.25) is 0 Å². The number of carbonyl (C=O) groups is 2. The van der Waals surface area contributed by atoms with E-state index < -0.39 is 23.7 Å². The van der Waals surface area contributed by atoms with Crippen LogP contribution in [0.1, 0.15) is 37.6 Å². The van der Waals surface area contributed by atoms with E-state index in [-0.39, 0.29) is 12.0 Å². The standard InChI is InChI=1S/C17H21F2NO3/c1-5-12(10-11(2)17(3,18)19)15(21)20-14-8-6-13(7-9-14)16(22)23-4/h5-9,11H,10H2,1-4H3,(H,20,21). The van der Waals surface area contributed by atoms with Crippen LogP contribution in [0.5, 0.6) is 0 Å². The van der Waals surface area contributed by atoms with Crippen molar-refractivity contribution < 1.29 is 23.1 Å². The first-order valence-electron chi connectivity index (χ1n) is 7.21. The van der Waals surface area contributed by atoms with Gasteiger partial charge >= 0.3 is 5.97 Å². The third-order valence-electron chi connectivity index (χ3n) is 3.60. The van der Waals surface area contributed by atoms with Gasteiger partial charge in [0.1, 0.15) is 0 Å². The summed E-state index contributed by atoms with van der Waals surface area (Å²) >= 11 is 0. The second kappa shape index (κ2) is 7.85. The number of amides is 1. The summed E-state index contributed by atoms with van der Waals surface area (Å²) in [6, 6.07) is 6.13. The van der Waals surface area contributed by atoms with Gasteiger partial charge in [-0.1, -0.05) is 13.0 Å². The van der Waals surface area contributed by atoms with Crippen LogP contribution in [-0.4, -0.2) is 24.9 Å². The maximum atomic E-state index is 13.3. The van der Waals surface area contributed by atoms with Gasteiger partial charge in [0.15, 0.2) is 0 Å². The molecular formula is C17H21F2NO3. The monoisotopic (exact) mass is 325 g/mol. The summed E-state index contributed by atoms with van der Waals surface area (Å²) in [5, 5.41) is 2.63. The minimum atomic E-state index is -2.85. The number of methoxy groups -OCH3 is 1. The molecule has 1 aromatic carbocycles. The first-order valence-corrected chi connectivity index (χ1v) is 7.21. The molecule has 0 aliphatic rings. The van der Waals surface area contributed by atoms with Crippen molar-refractivity contribution >= 4 is 17.6 Å². The SMILES string of the molecule is CC=C(CC(C)C(C)(F)F)C(=O)Nc1ccc(C(=O)OC)cc1. The van der Waals surface area contributed by atoms with E-state index in [0.29, 0.717) is 11.3 Å². The van der Waals surface area contributed by atoms with Crippen molar-refractivity contribution in [2.75, 3.05) is 12.4 Å². The summed E-state index contributed by atoms with van der Waals surface area (Å²) in [6.45, 7) is 3.88. The number of alkyl halides is 2. The Morgan fingerprint density at radius 3 is 2.30 bits per heavy atom. The lowest BCUT2D eigenvalue weighted by atomic mass is 9.95. The van der Waals surface area contributed by atoms with Crippen LogP contribution in [0.15, 0.2) is 35.9 Å². The molecule has 23 heavy (non-hydrogen) atoms. The lowest BCUT2D eigenvalue weighted by Crippen LogP contribution is -2.25. The van der Waals surface area contributed by atoms with E-state index in [2.05, 4.69) is 10.1 Å². The average molecular weight is 325 g/mol. The van der Waals surface area contributed by atoms with E-state index in [1.165, 1.54) is 32.2 Å². The number of halogens is 2. The fourth-order valence-corrected chi connectivity index (χ4v) is 1.87. The van der Waals surface area contributed by atoms with Crippen molar-refractivity contribution in [2.24, 2.45) is 5.92 Å². The third kappa shape index (κ3) is 5.47.